The highest BCUT2D eigenvalue weighted by molar-refractivity contribution is 5.99. The van der Waals surface area contributed by atoms with Gasteiger partial charge in [0.15, 0.2) is 5.82 Å². The summed E-state index contributed by atoms with van der Waals surface area (Å²) in [5.74, 6) is 0.953. The van der Waals surface area contributed by atoms with E-state index in [1.807, 2.05) is 11.8 Å². The molecule has 2 heterocycles. The molecule has 0 bridgehead atoms. The summed E-state index contributed by atoms with van der Waals surface area (Å²) in [6, 6.07) is 0. The number of hydrogen-bond acceptors (Lipinski definition) is 4. The fourth-order valence-electron chi connectivity index (χ4n) is 2.53. The van der Waals surface area contributed by atoms with Crippen LogP contribution in [0.25, 0.3) is 0 Å². The van der Waals surface area contributed by atoms with Crippen LogP contribution in [0.1, 0.15) is 29.9 Å². The van der Waals surface area contributed by atoms with Crippen molar-refractivity contribution in [3.05, 3.63) is 11.3 Å². The Hall–Kier alpha value is -1.56. The van der Waals surface area contributed by atoms with E-state index in [1.165, 1.54) is 0 Å². The number of nitrogens with one attached hydrogen (secondary N) is 1. The van der Waals surface area contributed by atoms with Gasteiger partial charge >= 0.3 is 0 Å². The van der Waals surface area contributed by atoms with Crippen molar-refractivity contribution in [2.24, 2.45) is 5.92 Å². The van der Waals surface area contributed by atoms with Gasteiger partial charge in [-0.3, -0.25) is 14.8 Å². The lowest BCUT2D eigenvalue weighted by atomic mass is 10.1. The van der Waals surface area contributed by atoms with Crippen LogP contribution >= 0.6 is 0 Å². The second-order valence-electron chi connectivity index (χ2n) is 5.60. The molecule has 1 amide bonds. The van der Waals surface area contributed by atoms with E-state index in [0.29, 0.717) is 17.3 Å². The Bertz CT molecular complexity index is 426. The molecule has 1 aliphatic heterocycles. The Labute approximate surface area is 113 Å². The van der Waals surface area contributed by atoms with Gasteiger partial charge in [-0.2, -0.15) is 5.10 Å². The first-order valence-electron chi connectivity index (χ1n) is 6.81. The molecule has 0 atom stereocenters. The molecule has 0 aliphatic carbocycles. The lowest BCUT2D eigenvalue weighted by Crippen LogP contribution is -2.49. The summed E-state index contributed by atoms with van der Waals surface area (Å²) in [6.07, 6.45) is 0. The molecule has 0 saturated carbocycles. The minimum Gasteiger partial charge on any atom is -0.382 e. The molecule has 19 heavy (non-hydrogen) atoms. The smallest absolute Gasteiger partial charge is 0.259 e. The Kier molecular flexibility index (Phi) is 4.09. The topological polar surface area (TPSA) is 78.2 Å². The number of amides is 1. The number of aromatic amines is 1. The van der Waals surface area contributed by atoms with Crippen molar-refractivity contribution in [2.75, 3.05) is 38.5 Å². The number of carbonyl (C=O) groups is 1. The van der Waals surface area contributed by atoms with Gasteiger partial charge in [-0.15, -0.1) is 0 Å². The Balaban J connectivity index is 1.96. The molecule has 0 unspecified atom stereocenters. The molecule has 106 valence electrons. The van der Waals surface area contributed by atoms with Gasteiger partial charge in [0, 0.05) is 38.4 Å². The van der Waals surface area contributed by atoms with E-state index in [0.717, 1.165) is 38.4 Å². The summed E-state index contributed by atoms with van der Waals surface area (Å²) < 4.78 is 0. The summed E-state index contributed by atoms with van der Waals surface area (Å²) in [6.45, 7) is 10.7. The summed E-state index contributed by atoms with van der Waals surface area (Å²) in [5.41, 5.74) is 7.01. The van der Waals surface area contributed by atoms with Gasteiger partial charge in [-0.05, 0) is 12.8 Å². The van der Waals surface area contributed by atoms with Crippen LogP contribution in [0, 0.1) is 12.8 Å². The van der Waals surface area contributed by atoms with Crippen LogP contribution in [0.3, 0.4) is 0 Å². The number of nitrogens with zero attached hydrogens (tertiary/aromatic N) is 3. The molecule has 1 saturated heterocycles. The Morgan fingerprint density at radius 1 is 1.37 bits per heavy atom. The quantitative estimate of drug-likeness (QED) is 0.844. The maximum Gasteiger partial charge on any atom is 0.259 e. The minimum atomic E-state index is -0.00653. The highest BCUT2D eigenvalue weighted by atomic mass is 16.2. The first-order valence-corrected chi connectivity index (χ1v) is 6.81. The van der Waals surface area contributed by atoms with Crippen LogP contribution in [-0.4, -0.2) is 58.6 Å². The van der Waals surface area contributed by atoms with Gasteiger partial charge in [0.2, 0.25) is 0 Å². The van der Waals surface area contributed by atoms with Crippen molar-refractivity contribution in [3.63, 3.8) is 0 Å². The van der Waals surface area contributed by atoms with Crippen LogP contribution in [0.15, 0.2) is 0 Å². The number of aromatic nitrogens is 2. The SMILES string of the molecule is Cc1[nH]nc(N)c1C(=O)N1CCN(CC(C)C)CC1. The van der Waals surface area contributed by atoms with Crippen LogP contribution in [0.2, 0.25) is 0 Å². The minimum absolute atomic E-state index is 0.00653. The molecule has 0 spiro atoms. The second-order valence-corrected chi connectivity index (χ2v) is 5.60. The van der Waals surface area contributed by atoms with Crippen LogP contribution in [-0.2, 0) is 0 Å². The highest BCUT2D eigenvalue weighted by Gasteiger charge is 2.26. The van der Waals surface area contributed by atoms with Crippen molar-refractivity contribution in [2.45, 2.75) is 20.8 Å². The summed E-state index contributed by atoms with van der Waals surface area (Å²) in [5, 5.41) is 6.64. The van der Waals surface area contributed by atoms with Crippen LogP contribution in [0.4, 0.5) is 5.82 Å². The normalized spacial score (nSPS) is 17.2. The lowest BCUT2D eigenvalue weighted by molar-refractivity contribution is 0.0624. The molecule has 2 rings (SSSR count). The van der Waals surface area contributed by atoms with Crippen molar-refractivity contribution >= 4 is 11.7 Å². The number of carbonyl (C=O) groups excluding carboxylic acids is 1. The predicted octanol–water partition coefficient (Wildman–Crippen LogP) is 0.714. The second kappa shape index (κ2) is 5.61. The Morgan fingerprint density at radius 2 is 2.00 bits per heavy atom. The highest BCUT2D eigenvalue weighted by Crippen LogP contribution is 2.16. The standard InChI is InChI=1S/C13H23N5O/c1-9(2)8-17-4-6-18(7-5-17)13(19)11-10(3)15-16-12(11)14/h9H,4-8H2,1-3H3,(H3,14,15,16). The third-order valence-corrected chi connectivity index (χ3v) is 3.47. The monoisotopic (exact) mass is 265 g/mol. The predicted molar refractivity (Wildman–Crippen MR) is 74.9 cm³/mol. The van der Waals surface area contributed by atoms with Gasteiger partial charge in [-0.1, -0.05) is 13.8 Å². The molecule has 6 heteroatoms. The fourth-order valence-corrected chi connectivity index (χ4v) is 2.53. The van der Waals surface area contributed by atoms with Crippen molar-refractivity contribution in [3.8, 4) is 0 Å². The van der Waals surface area contributed by atoms with E-state index in [4.69, 9.17) is 5.73 Å². The van der Waals surface area contributed by atoms with E-state index in [2.05, 4.69) is 28.9 Å². The number of aryl methyl sites for hydroxylation is 1. The van der Waals surface area contributed by atoms with Crippen LogP contribution in [0.5, 0.6) is 0 Å². The van der Waals surface area contributed by atoms with Crippen LogP contribution < -0.4 is 5.73 Å². The zero-order valence-electron chi connectivity index (χ0n) is 11.9. The van der Waals surface area contributed by atoms with Crippen molar-refractivity contribution < 1.29 is 4.79 Å². The summed E-state index contributed by atoms with van der Waals surface area (Å²) in [7, 11) is 0. The number of nitrogens with two attached hydrogens (primary N) is 1. The van der Waals surface area contributed by atoms with Gasteiger partial charge in [-0.25, -0.2) is 0 Å². The van der Waals surface area contributed by atoms with Crippen molar-refractivity contribution in [1.29, 1.82) is 0 Å². The third-order valence-electron chi connectivity index (χ3n) is 3.47. The molecule has 1 aromatic rings. The van der Waals surface area contributed by atoms with Gasteiger partial charge < -0.3 is 10.6 Å². The van der Waals surface area contributed by atoms with E-state index in [9.17, 15) is 4.79 Å². The van der Waals surface area contributed by atoms with Gasteiger partial charge in [0.05, 0.1) is 0 Å². The fraction of sp³-hybridized carbons (Fsp3) is 0.692. The average molecular weight is 265 g/mol. The zero-order chi connectivity index (χ0) is 14.0. The number of anilines is 1. The van der Waals surface area contributed by atoms with Gasteiger partial charge in [0.25, 0.3) is 5.91 Å². The average Bonchev–Trinajstić information content (AvgIpc) is 2.68. The summed E-state index contributed by atoms with van der Waals surface area (Å²) >= 11 is 0. The number of H-pyrrole nitrogens is 1. The number of rotatable bonds is 3. The molecule has 0 aromatic carbocycles. The first kappa shape index (κ1) is 13.9. The maximum atomic E-state index is 12.4. The molecule has 6 nitrogen and oxygen atoms in total. The first-order chi connectivity index (χ1) is 8.99. The molecule has 1 aromatic heterocycles. The molecular weight excluding hydrogens is 242 g/mol. The van der Waals surface area contributed by atoms with E-state index < -0.39 is 0 Å². The van der Waals surface area contributed by atoms with Gasteiger partial charge in [0.1, 0.15) is 5.56 Å². The zero-order valence-corrected chi connectivity index (χ0v) is 11.9. The van der Waals surface area contributed by atoms with E-state index in [-0.39, 0.29) is 5.91 Å². The molecule has 1 fully saturated rings. The largest absolute Gasteiger partial charge is 0.382 e. The lowest BCUT2D eigenvalue weighted by Gasteiger charge is -2.35. The Morgan fingerprint density at radius 3 is 2.47 bits per heavy atom. The molecule has 1 aliphatic rings. The third kappa shape index (κ3) is 3.07. The molecular formula is C13H23N5O. The number of nitrogen functional groups attached to an aromatic ring is 1. The molecule has 0 radical (unpaired) electrons. The van der Waals surface area contributed by atoms with E-state index >= 15 is 0 Å². The maximum absolute atomic E-state index is 12.4. The number of hydrogen-bond donors (Lipinski definition) is 2. The summed E-state index contributed by atoms with van der Waals surface area (Å²) in [4.78, 5) is 16.7. The number of piperazine rings is 1. The van der Waals surface area contributed by atoms with Crippen molar-refractivity contribution in [1.82, 2.24) is 20.0 Å². The van der Waals surface area contributed by atoms with E-state index in [1.54, 1.807) is 0 Å². The molecule has 3 N–H and O–H groups in total.